The minimum Gasteiger partial charge on any atom is -0.395 e. The summed E-state index contributed by atoms with van der Waals surface area (Å²) in [5.41, 5.74) is 2.73. The van der Waals surface area contributed by atoms with Crippen LogP contribution in [0, 0.1) is 6.92 Å². The van der Waals surface area contributed by atoms with Crippen LogP contribution in [0.15, 0.2) is 24.3 Å². The van der Waals surface area contributed by atoms with Gasteiger partial charge in [0.1, 0.15) is 0 Å². The normalized spacial score (nSPS) is 19.2. The SMILES string of the molecule is Cc1cccc(C2(CO)CC2)c1. The highest BCUT2D eigenvalue weighted by molar-refractivity contribution is 5.34. The number of aliphatic hydroxyl groups excluding tert-OH is 1. The van der Waals surface area contributed by atoms with E-state index in [0.717, 1.165) is 12.8 Å². The molecule has 64 valence electrons. The summed E-state index contributed by atoms with van der Waals surface area (Å²) in [6.07, 6.45) is 2.29. The zero-order valence-corrected chi connectivity index (χ0v) is 7.38. The quantitative estimate of drug-likeness (QED) is 0.705. The molecule has 1 aliphatic rings. The van der Waals surface area contributed by atoms with Crippen molar-refractivity contribution < 1.29 is 5.11 Å². The van der Waals surface area contributed by atoms with Gasteiger partial charge in [-0.3, -0.25) is 0 Å². The maximum atomic E-state index is 9.20. The van der Waals surface area contributed by atoms with E-state index in [9.17, 15) is 5.11 Å². The monoisotopic (exact) mass is 162 g/mol. The fraction of sp³-hybridized carbons (Fsp3) is 0.455. The van der Waals surface area contributed by atoms with E-state index in [1.807, 2.05) is 0 Å². The number of aryl methyl sites for hydroxylation is 1. The molecule has 12 heavy (non-hydrogen) atoms. The predicted molar refractivity (Wildman–Crippen MR) is 49.2 cm³/mol. The molecule has 1 heteroatoms. The maximum absolute atomic E-state index is 9.20. The van der Waals surface area contributed by atoms with Crippen LogP contribution in [0.2, 0.25) is 0 Å². The highest BCUT2D eigenvalue weighted by Crippen LogP contribution is 2.47. The molecule has 0 atom stereocenters. The van der Waals surface area contributed by atoms with Gasteiger partial charge in [0.2, 0.25) is 0 Å². The molecule has 1 aliphatic carbocycles. The van der Waals surface area contributed by atoms with Gasteiger partial charge in [0.25, 0.3) is 0 Å². The molecule has 0 amide bonds. The van der Waals surface area contributed by atoms with Crippen molar-refractivity contribution in [3.8, 4) is 0 Å². The molecule has 1 aromatic carbocycles. The topological polar surface area (TPSA) is 20.2 Å². The van der Waals surface area contributed by atoms with Crippen LogP contribution in [-0.4, -0.2) is 11.7 Å². The van der Waals surface area contributed by atoms with Gasteiger partial charge in [-0.1, -0.05) is 29.8 Å². The fourth-order valence-electron chi connectivity index (χ4n) is 1.66. The van der Waals surface area contributed by atoms with Crippen molar-refractivity contribution in [1.29, 1.82) is 0 Å². The largest absolute Gasteiger partial charge is 0.395 e. The van der Waals surface area contributed by atoms with Crippen LogP contribution in [0.1, 0.15) is 24.0 Å². The Balaban J connectivity index is 2.34. The van der Waals surface area contributed by atoms with Crippen molar-refractivity contribution in [3.63, 3.8) is 0 Å². The van der Waals surface area contributed by atoms with E-state index in [-0.39, 0.29) is 5.41 Å². The Labute approximate surface area is 73.0 Å². The Kier molecular flexibility index (Phi) is 1.69. The molecule has 0 aromatic heterocycles. The minimum absolute atomic E-state index is 0.131. The maximum Gasteiger partial charge on any atom is 0.0527 e. The molecular formula is C11H14O. The number of hydrogen-bond acceptors (Lipinski definition) is 1. The molecule has 0 radical (unpaired) electrons. The van der Waals surface area contributed by atoms with E-state index < -0.39 is 0 Å². The lowest BCUT2D eigenvalue weighted by atomic mass is 9.96. The third-order valence-corrected chi connectivity index (χ3v) is 2.79. The molecule has 0 heterocycles. The molecule has 1 aromatic rings. The van der Waals surface area contributed by atoms with Crippen molar-refractivity contribution in [3.05, 3.63) is 35.4 Å². The zero-order valence-electron chi connectivity index (χ0n) is 7.38. The summed E-state index contributed by atoms with van der Waals surface area (Å²) >= 11 is 0. The average molecular weight is 162 g/mol. The smallest absolute Gasteiger partial charge is 0.0527 e. The Morgan fingerprint density at radius 1 is 1.42 bits per heavy atom. The lowest BCUT2D eigenvalue weighted by Gasteiger charge is -2.11. The minimum atomic E-state index is 0.131. The van der Waals surface area contributed by atoms with Crippen LogP contribution < -0.4 is 0 Å². The van der Waals surface area contributed by atoms with Gasteiger partial charge in [-0.15, -0.1) is 0 Å². The highest BCUT2D eigenvalue weighted by atomic mass is 16.3. The fourth-order valence-corrected chi connectivity index (χ4v) is 1.66. The van der Waals surface area contributed by atoms with E-state index in [0.29, 0.717) is 6.61 Å². The molecule has 0 saturated heterocycles. The van der Waals surface area contributed by atoms with Crippen LogP contribution in [0.4, 0.5) is 0 Å². The summed E-state index contributed by atoms with van der Waals surface area (Å²) < 4.78 is 0. The summed E-state index contributed by atoms with van der Waals surface area (Å²) in [6.45, 7) is 2.40. The summed E-state index contributed by atoms with van der Waals surface area (Å²) in [6, 6.07) is 8.47. The van der Waals surface area contributed by atoms with Gasteiger partial charge < -0.3 is 5.11 Å². The van der Waals surface area contributed by atoms with Crippen molar-refractivity contribution >= 4 is 0 Å². The first-order valence-corrected chi connectivity index (χ1v) is 4.45. The molecule has 1 N–H and O–H groups in total. The van der Waals surface area contributed by atoms with Crippen LogP contribution in [0.5, 0.6) is 0 Å². The van der Waals surface area contributed by atoms with Crippen molar-refractivity contribution in [2.75, 3.05) is 6.61 Å². The first kappa shape index (κ1) is 7.81. The van der Waals surface area contributed by atoms with Gasteiger partial charge in [0, 0.05) is 5.41 Å². The van der Waals surface area contributed by atoms with E-state index in [2.05, 4.69) is 31.2 Å². The molecule has 1 fully saturated rings. The van der Waals surface area contributed by atoms with Gasteiger partial charge in [-0.25, -0.2) is 0 Å². The first-order valence-electron chi connectivity index (χ1n) is 4.45. The van der Waals surface area contributed by atoms with Gasteiger partial charge >= 0.3 is 0 Å². The van der Waals surface area contributed by atoms with Gasteiger partial charge in [0.15, 0.2) is 0 Å². The molecule has 1 saturated carbocycles. The average Bonchev–Trinajstić information content (AvgIpc) is 2.84. The lowest BCUT2D eigenvalue weighted by molar-refractivity contribution is 0.255. The van der Waals surface area contributed by atoms with Gasteiger partial charge in [-0.2, -0.15) is 0 Å². The first-order chi connectivity index (χ1) is 5.77. The van der Waals surface area contributed by atoms with Crippen molar-refractivity contribution in [2.24, 2.45) is 0 Å². The second kappa shape index (κ2) is 2.60. The molecule has 0 aliphatic heterocycles. The van der Waals surface area contributed by atoms with Crippen LogP contribution in [0.25, 0.3) is 0 Å². The van der Waals surface area contributed by atoms with Crippen LogP contribution in [-0.2, 0) is 5.41 Å². The van der Waals surface area contributed by atoms with E-state index in [4.69, 9.17) is 0 Å². The van der Waals surface area contributed by atoms with Gasteiger partial charge in [-0.05, 0) is 25.3 Å². The number of aliphatic hydroxyl groups is 1. The molecule has 1 nitrogen and oxygen atoms in total. The molecule has 0 spiro atoms. The number of hydrogen-bond donors (Lipinski definition) is 1. The van der Waals surface area contributed by atoms with E-state index >= 15 is 0 Å². The number of benzene rings is 1. The van der Waals surface area contributed by atoms with E-state index in [1.165, 1.54) is 11.1 Å². The summed E-state index contributed by atoms with van der Waals surface area (Å²) in [5, 5.41) is 9.20. The summed E-state index contributed by atoms with van der Waals surface area (Å²) in [7, 11) is 0. The zero-order chi connectivity index (χ0) is 8.60. The van der Waals surface area contributed by atoms with E-state index in [1.54, 1.807) is 0 Å². The summed E-state index contributed by atoms with van der Waals surface area (Å²) in [5.74, 6) is 0. The third kappa shape index (κ3) is 1.14. The Morgan fingerprint density at radius 2 is 2.17 bits per heavy atom. The second-order valence-corrected chi connectivity index (χ2v) is 3.81. The molecular weight excluding hydrogens is 148 g/mol. The molecule has 0 bridgehead atoms. The van der Waals surface area contributed by atoms with Crippen molar-refractivity contribution in [1.82, 2.24) is 0 Å². The van der Waals surface area contributed by atoms with Crippen molar-refractivity contribution in [2.45, 2.75) is 25.2 Å². The predicted octanol–water partition coefficient (Wildman–Crippen LogP) is 2.02. The Bertz CT molecular complexity index is 287. The number of rotatable bonds is 2. The summed E-state index contributed by atoms with van der Waals surface area (Å²) in [4.78, 5) is 0. The second-order valence-electron chi connectivity index (χ2n) is 3.81. The highest BCUT2D eigenvalue weighted by Gasteiger charge is 2.43. The van der Waals surface area contributed by atoms with Crippen LogP contribution in [0.3, 0.4) is 0 Å². The van der Waals surface area contributed by atoms with Crippen LogP contribution >= 0.6 is 0 Å². The Hall–Kier alpha value is -0.820. The standard InChI is InChI=1S/C11H14O/c1-9-3-2-4-10(7-9)11(8-12)5-6-11/h2-4,7,12H,5-6,8H2,1H3. The lowest BCUT2D eigenvalue weighted by Crippen LogP contribution is -2.11. The molecule has 2 rings (SSSR count). The third-order valence-electron chi connectivity index (χ3n) is 2.79. The molecule has 0 unspecified atom stereocenters. The Morgan fingerprint density at radius 3 is 2.67 bits per heavy atom. The van der Waals surface area contributed by atoms with Gasteiger partial charge in [0.05, 0.1) is 6.61 Å².